The van der Waals surface area contributed by atoms with Crippen LogP contribution in [0.25, 0.3) is 10.8 Å². The average Bonchev–Trinajstić information content (AvgIpc) is 2.72. The number of benzene rings is 3. The van der Waals surface area contributed by atoms with E-state index in [1.165, 1.54) is 0 Å². The minimum atomic E-state index is -0.321. The first-order valence-corrected chi connectivity index (χ1v) is 9.53. The summed E-state index contributed by atoms with van der Waals surface area (Å²) in [5.74, 6) is 0.319. The summed E-state index contributed by atoms with van der Waals surface area (Å²) in [4.78, 5) is 12.0. The topological polar surface area (TPSA) is 62.4 Å². The molecule has 5 nitrogen and oxygen atoms in total. The lowest BCUT2D eigenvalue weighted by molar-refractivity contribution is -0.123. The van der Waals surface area contributed by atoms with Crippen LogP contribution < -0.4 is 20.9 Å². The Morgan fingerprint density at radius 3 is 2.57 bits per heavy atom. The van der Waals surface area contributed by atoms with Gasteiger partial charge in [-0.3, -0.25) is 15.6 Å². The summed E-state index contributed by atoms with van der Waals surface area (Å²) in [5.41, 5.74) is 8.48. The van der Waals surface area contributed by atoms with Crippen LogP contribution in [0, 0.1) is 6.92 Å². The zero-order valence-electron chi connectivity index (χ0n) is 15.9. The zero-order chi connectivity index (χ0) is 19.9. The molecule has 1 amide bonds. The number of thiocarbonyl (C=S) groups is 1. The second-order valence-corrected chi connectivity index (χ2v) is 6.80. The van der Waals surface area contributed by atoms with E-state index in [9.17, 15) is 4.79 Å². The molecule has 3 aromatic rings. The zero-order valence-corrected chi connectivity index (χ0v) is 16.7. The molecule has 0 saturated carbocycles. The Kier molecular flexibility index (Phi) is 6.45. The summed E-state index contributed by atoms with van der Waals surface area (Å²) in [6, 6.07) is 19.8. The van der Waals surface area contributed by atoms with Crippen LogP contribution in [-0.2, 0) is 11.2 Å². The number of rotatable bonds is 5. The molecular weight excluding hydrogens is 370 g/mol. The van der Waals surface area contributed by atoms with Crippen LogP contribution in [0.3, 0.4) is 0 Å². The third-order valence-corrected chi connectivity index (χ3v) is 4.59. The van der Waals surface area contributed by atoms with Crippen molar-refractivity contribution in [2.45, 2.75) is 20.3 Å². The number of ether oxygens (including phenoxy) is 1. The molecule has 0 heterocycles. The number of para-hydroxylation sites is 1. The van der Waals surface area contributed by atoms with E-state index in [0.717, 1.165) is 34.0 Å². The number of aryl methyl sites for hydroxylation is 2. The Morgan fingerprint density at radius 2 is 1.79 bits per heavy atom. The van der Waals surface area contributed by atoms with Crippen molar-refractivity contribution in [1.82, 2.24) is 10.9 Å². The van der Waals surface area contributed by atoms with Crippen LogP contribution in [-0.4, -0.2) is 17.6 Å². The number of hydrogen-bond donors (Lipinski definition) is 3. The van der Waals surface area contributed by atoms with Crippen molar-refractivity contribution in [3.05, 3.63) is 71.8 Å². The van der Waals surface area contributed by atoms with Gasteiger partial charge in [-0.2, -0.15) is 0 Å². The Morgan fingerprint density at radius 1 is 1.00 bits per heavy atom. The van der Waals surface area contributed by atoms with Crippen LogP contribution in [0.2, 0.25) is 0 Å². The van der Waals surface area contributed by atoms with Gasteiger partial charge in [-0.15, -0.1) is 0 Å². The monoisotopic (exact) mass is 393 g/mol. The van der Waals surface area contributed by atoms with E-state index in [1.807, 2.05) is 67.6 Å². The van der Waals surface area contributed by atoms with Gasteiger partial charge in [-0.05, 0) is 59.6 Å². The van der Waals surface area contributed by atoms with Gasteiger partial charge in [0.1, 0.15) is 5.75 Å². The van der Waals surface area contributed by atoms with Crippen molar-refractivity contribution < 1.29 is 9.53 Å². The summed E-state index contributed by atoms with van der Waals surface area (Å²) in [6.45, 7) is 3.99. The van der Waals surface area contributed by atoms with E-state index >= 15 is 0 Å². The molecule has 3 rings (SSSR count). The van der Waals surface area contributed by atoms with Crippen LogP contribution >= 0.6 is 12.2 Å². The first kappa shape index (κ1) is 19.6. The lowest BCUT2D eigenvalue weighted by Crippen LogP contribution is -2.45. The molecule has 0 bridgehead atoms. The molecule has 0 aromatic heterocycles. The number of hydrazine groups is 1. The summed E-state index contributed by atoms with van der Waals surface area (Å²) in [6.07, 6.45) is 0.887. The fourth-order valence-electron chi connectivity index (χ4n) is 2.92. The second kappa shape index (κ2) is 9.19. The van der Waals surface area contributed by atoms with Crippen molar-refractivity contribution in [3.63, 3.8) is 0 Å². The first-order valence-electron chi connectivity index (χ1n) is 9.12. The van der Waals surface area contributed by atoms with E-state index in [1.54, 1.807) is 0 Å². The molecule has 6 heteroatoms. The number of amides is 1. The van der Waals surface area contributed by atoms with Gasteiger partial charge in [0.25, 0.3) is 5.91 Å². The number of hydrogen-bond acceptors (Lipinski definition) is 3. The molecule has 3 aromatic carbocycles. The molecule has 0 radical (unpaired) electrons. The molecule has 144 valence electrons. The third kappa shape index (κ3) is 4.98. The molecule has 0 aliphatic rings. The molecule has 0 atom stereocenters. The molecule has 0 saturated heterocycles. The van der Waals surface area contributed by atoms with Crippen molar-refractivity contribution in [1.29, 1.82) is 0 Å². The van der Waals surface area contributed by atoms with E-state index in [-0.39, 0.29) is 12.5 Å². The minimum Gasteiger partial charge on any atom is -0.484 e. The van der Waals surface area contributed by atoms with Gasteiger partial charge in [0.2, 0.25) is 0 Å². The highest BCUT2D eigenvalue weighted by Crippen LogP contribution is 2.21. The van der Waals surface area contributed by atoms with Crippen LogP contribution in [0.15, 0.2) is 60.7 Å². The smallest absolute Gasteiger partial charge is 0.276 e. The maximum absolute atomic E-state index is 12.0. The highest BCUT2D eigenvalue weighted by molar-refractivity contribution is 7.80. The summed E-state index contributed by atoms with van der Waals surface area (Å²) in [7, 11) is 0. The fraction of sp³-hybridized carbons (Fsp3) is 0.182. The Hall–Kier alpha value is -3.12. The summed E-state index contributed by atoms with van der Waals surface area (Å²) >= 11 is 5.27. The molecule has 0 aliphatic carbocycles. The number of anilines is 1. The van der Waals surface area contributed by atoms with Crippen molar-refractivity contribution in [3.8, 4) is 5.75 Å². The lowest BCUT2D eigenvalue weighted by atomic mass is 10.1. The van der Waals surface area contributed by atoms with E-state index < -0.39 is 0 Å². The Bertz CT molecular complexity index is 1000. The quantitative estimate of drug-likeness (QED) is 0.450. The molecular formula is C22H23N3O2S. The SMILES string of the molecule is CCc1cccc(C)c1NC(=S)NNC(=O)COc1ccc2ccccc2c1. The Labute approximate surface area is 170 Å². The average molecular weight is 394 g/mol. The predicted molar refractivity (Wildman–Crippen MR) is 117 cm³/mol. The normalized spacial score (nSPS) is 10.4. The summed E-state index contributed by atoms with van der Waals surface area (Å²) < 4.78 is 5.57. The highest BCUT2D eigenvalue weighted by Gasteiger charge is 2.08. The number of carbonyl (C=O) groups excluding carboxylic acids is 1. The lowest BCUT2D eigenvalue weighted by Gasteiger charge is -2.16. The molecule has 0 unspecified atom stereocenters. The maximum atomic E-state index is 12.0. The predicted octanol–water partition coefficient (Wildman–Crippen LogP) is 4.11. The highest BCUT2D eigenvalue weighted by atomic mass is 32.1. The van der Waals surface area contributed by atoms with E-state index in [2.05, 4.69) is 23.1 Å². The summed E-state index contributed by atoms with van der Waals surface area (Å²) in [5, 5.41) is 5.65. The van der Waals surface area contributed by atoms with Gasteiger partial charge in [-0.1, -0.05) is 55.5 Å². The molecule has 28 heavy (non-hydrogen) atoms. The van der Waals surface area contributed by atoms with Gasteiger partial charge >= 0.3 is 0 Å². The van der Waals surface area contributed by atoms with Crippen LogP contribution in [0.4, 0.5) is 5.69 Å². The number of carbonyl (C=O) groups is 1. The van der Waals surface area contributed by atoms with E-state index in [4.69, 9.17) is 17.0 Å². The molecule has 0 aliphatic heterocycles. The van der Waals surface area contributed by atoms with Crippen molar-refractivity contribution in [2.24, 2.45) is 0 Å². The van der Waals surface area contributed by atoms with Crippen molar-refractivity contribution >= 4 is 39.7 Å². The molecule has 0 spiro atoms. The number of nitrogens with one attached hydrogen (secondary N) is 3. The van der Waals surface area contributed by atoms with Gasteiger partial charge in [0, 0.05) is 5.69 Å². The number of fused-ring (bicyclic) bond motifs is 1. The van der Waals surface area contributed by atoms with E-state index in [0.29, 0.717) is 10.9 Å². The van der Waals surface area contributed by atoms with Crippen molar-refractivity contribution in [2.75, 3.05) is 11.9 Å². The van der Waals surface area contributed by atoms with Gasteiger partial charge in [0.15, 0.2) is 11.7 Å². The minimum absolute atomic E-state index is 0.113. The third-order valence-electron chi connectivity index (χ3n) is 4.38. The van der Waals surface area contributed by atoms with Gasteiger partial charge in [0.05, 0.1) is 0 Å². The standard InChI is InChI=1S/C22H23N3O2S/c1-3-16-10-6-7-15(2)21(16)23-22(28)25-24-20(26)14-27-19-12-11-17-8-4-5-9-18(17)13-19/h4-13H,3,14H2,1-2H3,(H,24,26)(H2,23,25,28). The Balaban J connectivity index is 1.49. The fourth-order valence-corrected chi connectivity index (χ4v) is 3.07. The van der Waals surface area contributed by atoms with Gasteiger partial charge < -0.3 is 10.1 Å². The van der Waals surface area contributed by atoms with Gasteiger partial charge in [-0.25, -0.2) is 0 Å². The molecule has 0 fully saturated rings. The maximum Gasteiger partial charge on any atom is 0.276 e. The first-order chi connectivity index (χ1) is 13.6. The molecule has 3 N–H and O–H groups in total. The largest absolute Gasteiger partial charge is 0.484 e. The van der Waals surface area contributed by atoms with Crippen LogP contribution in [0.1, 0.15) is 18.1 Å². The van der Waals surface area contributed by atoms with Crippen LogP contribution in [0.5, 0.6) is 5.75 Å². The second-order valence-electron chi connectivity index (χ2n) is 6.39.